The molecular formula is C22H28F2O4. The van der Waals surface area contributed by atoms with Gasteiger partial charge in [0.15, 0.2) is 0 Å². The van der Waals surface area contributed by atoms with Gasteiger partial charge in [0.1, 0.15) is 18.2 Å². The van der Waals surface area contributed by atoms with Crippen LogP contribution in [0.3, 0.4) is 0 Å². The Balaban J connectivity index is 2.20. The Kier molecular flexibility index (Phi) is 6.63. The smallest absolute Gasteiger partial charge is 0.330 e. The van der Waals surface area contributed by atoms with Gasteiger partial charge in [-0.2, -0.15) is 0 Å². The van der Waals surface area contributed by atoms with Crippen LogP contribution in [0.2, 0.25) is 0 Å². The lowest BCUT2D eigenvalue weighted by molar-refractivity contribution is -0.147. The number of esters is 2. The van der Waals surface area contributed by atoms with Gasteiger partial charge in [-0.15, -0.1) is 0 Å². The van der Waals surface area contributed by atoms with Crippen LogP contribution in [-0.4, -0.2) is 19.0 Å². The molecule has 0 aliphatic heterocycles. The van der Waals surface area contributed by atoms with E-state index in [1.165, 1.54) is 20.1 Å². The lowest BCUT2D eigenvalue weighted by Crippen LogP contribution is -2.15. The first-order valence-corrected chi connectivity index (χ1v) is 9.52. The lowest BCUT2D eigenvalue weighted by Gasteiger charge is -2.18. The molecule has 28 heavy (non-hydrogen) atoms. The van der Waals surface area contributed by atoms with E-state index < -0.39 is 29.5 Å². The zero-order valence-corrected chi connectivity index (χ0v) is 17.3. The highest BCUT2D eigenvalue weighted by Gasteiger charge is 2.61. The zero-order valence-electron chi connectivity index (χ0n) is 17.3. The second-order valence-electron chi connectivity index (χ2n) is 7.71. The maximum atomic E-state index is 14.5. The van der Waals surface area contributed by atoms with Crippen LogP contribution in [-0.2, 0) is 38.5 Å². The van der Waals surface area contributed by atoms with Crippen molar-refractivity contribution in [2.24, 2.45) is 17.3 Å². The molecule has 0 N–H and O–H groups in total. The highest BCUT2D eigenvalue weighted by atomic mass is 19.1. The summed E-state index contributed by atoms with van der Waals surface area (Å²) in [5, 5.41) is 0. The Hall–Kier alpha value is -2.24. The Labute approximate surface area is 164 Å². The molecule has 1 aromatic carbocycles. The van der Waals surface area contributed by atoms with Gasteiger partial charge in [0.2, 0.25) is 0 Å². The number of methoxy groups -OCH3 is 1. The molecule has 154 valence electrons. The van der Waals surface area contributed by atoms with Crippen LogP contribution in [0.1, 0.15) is 49.9 Å². The Morgan fingerprint density at radius 1 is 1.07 bits per heavy atom. The van der Waals surface area contributed by atoms with Crippen molar-refractivity contribution >= 4 is 11.9 Å². The topological polar surface area (TPSA) is 52.6 Å². The molecule has 1 aromatic rings. The maximum absolute atomic E-state index is 14.5. The molecule has 0 bridgehead atoms. The minimum Gasteiger partial charge on any atom is -0.466 e. The maximum Gasteiger partial charge on any atom is 0.330 e. The number of allylic oxidation sites excluding steroid dienone is 1. The third-order valence-corrected chi connectivity index (χ3v) is 5.79. The van der Waals surface area contributed by atoms with Gasteiger partial charge in [-0.05, 0) is 42.2 Å². The molecule has 1 aliphatic rings. The van der Waals surface area contributed by atoms with Gasteiger partial charge in [0, 0.05) is 17.2 Å². The summed E-state index contributed by atoms with van der Waals surface area (Å²) in [7, 11) is 1.28. The first kappa shape index (κ1) is 22.1. The van der Waals surface area contributed by atoms with E-state index in [0.29, 0.717) is 29.5 Å². The third kappa shape index (κ3) is 3.96. The summed E-state index contributed by atoms with van der Waals surface area (Å²) in [6.45, 7) is 8.65. The first-order chi connectivity index (χ1) is 13.1. The summed E-state index contributed by atoms with van der Waals surface area (Å²) in [5.74, 6) is -2.64. The minimum absolute atomic E-state index is 0.000106. The van der Waals surface area contributed by atoms with Crippen LogP contribution >= 0.6 is 0 Å². The Morgan fingerprint density at radius 3 is 2.07 bits per heavy atom. The first-order valence-electron chi connectivity index (χ1n) is 9.52. The number of benzene rings is 1. The lowest BCUT2D eigenvalue weighted by atomic mass is 9.93. The van der Waals surface area contributed by atoms with Crippen LogP contribution in [0.25, 0.3) is 0 Å². The number of rotatable bonds is 7. The fraction of sp³-hybridized carbons (Fsp3) is 0.545. The van der Waals surface area contributed by atoms with Crippen molar-refractivity contribution in [1.29, 1.82) is 0 Å². The van der Waals surface area contributed by atoms with Gasteiger partial charge >= 0.3 is 11.9 Å². The molecule has 1 saturated carbocycles. The number of ether oxygens (including phenoxy) is 2. The fourth-order valence-electron chi connectivity index (χ4n) is 3.88. The SMILES string of the molecule is CCc1c(F)c(C)c(F)c(CC)c1COC(=O)[C@@H]1[C@H](/C=C\C(=O)OC)C1(C)C. The standard InChI is InChI=1S/C22H28F2O4/c1-7-13-15(14(8-2)20(24)12(3)19(13)23)11-28-21(26)18-16(22(18,4)5)9-10-17(25)27-6/h9-10,16,18H,7-8,11H2,1-6H3/b10-9-/t16-,18-/m0/s1. The molecule has 2 rings (SSSR count). The molecule has 0 unspecified atom stereocenters. The number of hydrogen-bond acceptors (Lipinski definition) is 4. The third-order valence-electron chi connectivity index (χ3n) is 5.79. The summed E-state index contributed by atoms with van der Waals surface area (Å²) >= 11 is 0. The van der Waals surface area contributed by atoms with Crippen molar-refractivity contribution in [2.75, 3.05) is 7.11 Å². The van der Waals surface area contributed by atoms with E-state index in [0.717, 1.165) is 0 Å². The van der Waals surface area contributed by atoms with Crippen molar-refractivity contribution in [2.45, 2.75) is 54.1 Å². The van der Waals surface area contributed by atoms with Gasteiger partial charge < -0.3 is 9.47 Å². The summed E-state index contributed by atoms with van der Waals surface area (Å²) in [6, 6.07) is 0. The van der Waals surface area contributed by atoms with Gasteiger partial charge in [0.25, 0.3) is 0 Å². The number of carbonyl (C=O) groups excluding carboxylic acids is 2. The minimum atomic E-state index is -0.575. The molecular weight excluding hydrogens is 366 g/mol. The monoisotopic (exact) mass is 394 g/mol. The molecule has 0 amide bonds. The highest BCUT2D eigenvalue weighted by Crippen LogP contribution is 2.59. The van der Waals surface area contributed by atoms with Gasteiger partial charge in [0.05, 0.1) is 13.0 Å². The van der Waals surface area contributed by atoms with E-state index in [1.54, 1.807) is 19.9 Å². The van der Waals surface area contributed by atoms with Crippen LogP contribution in [0.15, 0.2) is 12.2 Å². The van der Waals surface area contributed by atoms with E-state index in [9.17, 15) is 18.4 Å². The van der Waals surface area contributed by atoms with Crippen molar-refractivity contribution in [3.8, 4) is 0 Å². The molecule has 0 radical (unpaired) electrons. The summed E-state index contributed by atoms with van der Waals surface area (Å²) in [5.41, 5.74) is 0.840. The van der Waals surface area contributed by atoms with E-state index in [4.69, 9.17) is 4.74 Å². The van der Waals surface area contributed by atoms with Gasteiger partial charge in [-0.1, -0.05) is 33.8 Å². The molecule has 1 fully saturated rings. The summed E-state index contributed by atoms with van der Waals surface area (Å²) in [4.78, 5) is 23.9. The molecule has 0 heterocycles. The Morgan fingerprint density at radius 2 is 1.61 bits per heavy atom. The molecule has 1 aliphatic carbocycles. The fourth-order valence-corrected chi connectivity index (χ4v) is 3.88. The highest BCUT2D eigenvalue weighted by molar-refractivity contribution is 5.83. The van der Waals surface area contributed by atoms with E-state index in [2.05, 4.69) is 4.74 Å². The van der Waals surface area contributed by atoms with Crippen molar-refractivity contribution < 1.29 is 27.8 Å². The summed E-state index contributed by atoms with van der Waals surface area (Å²) < 4.78 is 39.0. The van der Waals surface area contributed by atoms with Crippen molar-refractivity contribution in [3.63, 3.8) is 0 Å². The molecule has 0 aromatic heterocycles. The molecule has 6 heteroatoms. The number of carbonyl (C=O) groups is 2. The molecule has 4 nitrogen and oxygen atoms in total. The predicted molar refractivity (Wildman–Crippen MR) is 102 cm³/mol. The zero-order chi connectivity index (χ0) is 21.2. The largest absolute Gasteiger partial charge is 0.466 e. The van der Waals surface area contributed by atoms with Crippen LogP contribution in [0.5, 0.6) is 0 Å². The normalized spacial score (nSPS) is 20.3. The average molecular weight is 394 g/mol. The molecule has 2 atom stereocenters. The second kappa shape index (κ2) is 8.41. The number of hydrogen-bond donors (Lipinski definition) is 0. The van der Waals surface area contributed by atoms with Gasteiger partial charge in [-0.3, -0.25) is 4.79 Å². The predicted octanol–water partition coefficient (Wildman–Crippen LogP) is 4.44. The molecule has 0 spiro atoms. The number of halogens is 2. The van der Waals surface area contributed by atoms with E-state index in [-0.39, 0.29) is 23.5 Å². The van der Waals surface area contributed by atoms with Crippen molar-refractivity contribution in [1.82, 2.24) is 0 Å². The van der Waals surface area contributed by atoms with E-state index >= 15 is 0 Å². The van der Waals surface area contributed by atoms with Crippen molar-refractivity contribution in [3.05, 3.63) is 46.0 Å². The second-order valence-corrected chi connectivity index (χ2v) is 7.71. The quantitative estimate of drug-likeness (QED) is 0.507. The van der Waals surface area contributed by atoms with E-state index in [1.807, 2.05) is 13.8 Å². The summed E-state index contributed by atoms with van der Waals surface area (Å²) in [6.07, 6.45) is 3.71. The average Bonchev–Trinajstić information content (AvgIpc) is 3.22. The van der Waals surface area contributed by atoms with Crippen LogP contribution in [0, 0.1) is 35.8 Å². The molecule has 0 saturated heterocycles. The van der Waals surface area contributed by atoms with Gasteiger partial charge in [-0.25, -0.2) is 13.6 Å². The van der Waals surface area contributed by atoms with Crippen LogP contribution < -0.4 is 0 Å². The Bertz CT molecular complexity index is 780. The van der Waals surface area contributed by atoms with Crippen LogP contribution in [0.4, 0.5) is 8.78 Å².